The van der Waals surface area contributed by atoms with Crippen molar-refractivity contribution in [2.24, 2.45) is 0 Å². The summed E-state index contributed by atoms with van der Waals surface area (Å²) in [7, 11) is 0. The molecule has 1 amide bonds. The first-order valence-corrected chi connectivity index (χ1v) is 9.72. The molecule has 28 heavy (non-hydrogen) atoms. The molecule has 0 radical (unpaired) electrons. The number of nitrogens with zero attached hydrogens (tertiary/aromatic N) is 2. The fourth-order valence-corrected chi connectivity index (χ4v) is 3.46. The van der Waals surface area contributed by atoms with Gasteiger partial charge in [-0.1, -0.05) is 35.0 Å². The topological polar surface area (TPSA) is 58.4 Å². The second kappa shape index (κ2) is 8.48. The van der Waals surface area contributed by atoms with E-state index in [1.165, 1.54) is 0 Å². The lowest BCUT2D eigenvalue weighted by molar-refractivity contribution is 0.102. The van der Waals surface area contributed by atoms with Crippen molar-refractivity contribution in [1.29, 1.82) is 0 Å². The van der Waals surface area contributed by atoms with E-state index in [1.54, 1.807) is 13.0 Å². The Morgan fingerprint density at radius 2 is 1.86 bits per heavy atom. The third-order valence-electron chi connectivity index (χ3n) is 4.81. The molecular weight excluding hydrogens is 374 g/mol. The number of halogens is 1. The molecular formula is C22H24ClN3O2. The Labute approximate surface area is 170 Å². The summed E-state index contributed by atoms with van der Waals surface area (Å²) in [6.45, 7) is 9.82. The van der Waals surface area contributed by atoms with Crippen LogP contribution in [-0.4, -0.2) is 24.2 Å². The normalized spacial score (nSPS) is 10.8. The highest BCUT2D eigenvalue weighted by Gasteiger charge is 2.23. The first kappa shape index (κ1) is 20.0. The fourth-order valence-electron chi connectivity index (χ4n) is 3.24. The van der Waals surface area contributed by atoms with Gasteiger partial charge in [0.2, 0.25) is 0 Å². The van der Waals surface area contributed by atoms with E-state index < -0.39 is 0 Å². The van der Waals surface area contributed by atoms with Crippen molar-refractivity contribution in [2.45, 2.75) is 27.7 Å². The molecule has 0 saturated carbocycles. The van der Waals surface area contributed by atoms with E-state index in [1.807, 2.05) is 37.3 Å². The fraction of sp³-hybridized carbons (Fsp3) is 0.273. The molecule has 0 saturated heterocycles. The smallest absolute Gasteiger partial charge is 0.261 e. The molecule has 0 aliphatic carbocycles. The Balaban J connectivity index is 1.91. The van der Waals surface area contributed by atoms with Crippen LogP contribution < -0.4 is 10.2 Å². The van der Waals surface area contributed by atoms with E-state index in [2.05, 4.69) is 35.3 Å². The highest BCUT2D eigenvalue weighted by molar-refractivity contribution is 6.33. The number of rotatable bonds is 6. The van der Waals surface area contributed by atoms with Crippen LogP contribution in [0.1, 0.15) is 35.5 Å². The first-order valence-electron chi connectivity index (χ1n) is 9.34. The predicted octanol–water partition coefficient (Wildman–Crippen LogP) is 5.71. The summed E-state index contributed by atoms with van der Waals surface area (Å²) in [5.41, 5.74) is 4.38. The molecule has 6 heteroatoms. The maximum Gasteiger partial charge on any atom is 0.261 e. The minimum Gasteiger partial charge on any atom is -0.372 e. The summed E-state index contributed by atoms with van der Waals surface area (Å²) >= 11 is 6.29. The summed E-state index contributed by atoms with van der Waals surface area (Å²) in [4.78, 5) is 15.3. The second-order valence-electron chi connectivity index (χ2n) is 6.57. The number of nitrogens with one attached hydrogen (secondary N) is 1. The molecule has 1 aromatic heterocycles. The molecule has 0 bridgehead atoms. The van der Waals surface area contributed by atoms with Crippen molar-refractivity contribution in [3.05, 3.63) is 64.4 Å². The Morgan fingerprint density at radius 1 is 1.14 bits per heavy atom. The van der Waals surface area contributed by atoms with Gasteiger partial charge in [0, 0.05) is 30.0 Å². The molecule has 0 spiro atoms. The van der Waals surface area contributed by atoms with Gasteiger partial charge in [0.05, 0.1) is 5.02 Å². The number of aryl methyl sites for hydroxylation is 2. The van der Waals surface area contributed by atoms with Crippen LogP contribution in [0.15, 0.2) is 47.0 Å². The van der Waals surface area contributed by atoms with Crippen molar-refractivity contribution in [2.75, 3.05) is 23.3 Å². The molecule has 5 nitrogen and oxygen atoms in total. The molecule has 3 aromatic rings. The van der Waals surface area contributed by atoms with E-state index in [9.17, 15) is 4.79 Å². The molecule has 2 aromatic carbocycles. The van der Waals surface area contributed by atoms with Gasteiger partial charge in [0.25, 0.3) is 5.91 Å². The number of hydrogen-bond donors (Lipinski definition) is 1. The Kier molecular flexibility index (Phi) is 6.05. The monoisotopic (exact) mass is 397 g/mol. The molecule has 1 N–H and O–H groups in total. The van der Waals surface area contributed by atoms with Crippen LogP contribution in [0.25, 0.3) is 11.3 Å². The van der Waals surface area contributed by atoms with Crippen LogP contribution in [0.5, 0.6) is 0 Å². The lowest BCUT2D eigenvalue weighted by Gasteiger charge is -2.22. The van der Waals surface area contributed by atoms with Gasteiger partial charge in [-0.05, 0) is 57.5 Å². The van der Waals surface area contributed by atoms with Gasteiger partial charge in [-0.15, -0.1) is 0 Å². The number of hydrogen-bond acceptors (Lipinski definition) is 4. The molecule has 0 unspecified atom stereocenters. The van der Waals surface area contributed by atoms with Crippen LogP contribution >= 0.6 is 11.6 Å². The summed E-state index contributed by atoms with van der Waals surface area (Å²) in [6, 6.07) is 13.3. The molecule has 0 fully saturated rings. The summed E-state index contributed by atoms with van der Waals surface area (Å²) in [5.74, 6) is 0.178. The Morgan fingerprint density at radius 3 is 2.50 bits per heavy atom. The maximum atomic E-state index is 13.0. The molecule has 0 aliphatic heterocycles. The number of aromatic nitrogens is 1. The predicted molar refractivity (Wildman–Crippen MR) is 114 cm³/mol. The minimum atomic E-state index is -0.271. The van der Waals surface area contributed by atoms with Gasteiger partial charge >= 0.3 is 0 Å². The van der Waals surface area contributed by atoms with Crippen molar-refractivity contribution in [3.8, 4) is 11.3 Å². The van der Waals surface area contributed by atoms with Crippen molar-refractivity contribution in [1.82, 2.24) is 5.16 Å². The van der Waals surface area contributed by atoms with Gasteiger partial charge in [-0.3, -0.25) is 4.79 Å². The van der Waals surface area contributed by atoms with E-state index in [0.717, 1.165) is 30.0 Å². The van der Waals surface area contributed by atoms with Crippen LogP contribution in [0.2, 0.25) is 5.02 Å². The average Bonchev–Trinajstić information content (AvgIpc) is 3.06. The van der Waals surface area contributed by atoms with Crippen LogP contribution in [-0.2, 0) is 0 Å². The van der Waals surface area contributed by atoms with Gasteiger partial charge in [0.1, 0.15) is 17.0 Å². The van der Waals surface area contributed by atoms with Crippen molar-refractivity contribution < 1.29 is 9.32 Å². The average molecular weight is 398 g/mol. The van der Waals surface area contributed by atoms with E-state index in [0.29, 0.717) is 27.6 Å². The van der Waals surface area contributed by atoms with Gasteiger partial charge < -0.3 is 14.7 Å². The Bertz CT molecular complexity index is 993. The van der Waals surface area contributed by atoms with Crippen LogP contribution in [0, 0.1) is 13.8 Å². The number of carbonyl (C=O) groups excluding carboxylic acids is 1. The number of amides is 1. The first-order chi connectivity index (χ1) is 13.5. The zero-order valence-electron chi connectivity index (χ0n) is 16.5. The Hall–Kier alpha value is -2.79. The minimum absolute atomic E-state index is 0.271. The lowest BCUT2D eigenvalue weighted by atomic mass is 10.0. The van der Waals surface area contributed by atoms with Crippen LogP contribution in [0.4, 0.5) is 11.4 Å². The highest BCUT2D eigenvalue weighted by atomic mass is 35.5. The van der Waals surface area contributed by atoms with E-state index in [4.69, 9.17) is 16.1 Å². The van der Waals surface area contributed by atoms with Crippen molar-refractivity contribution >= 4 is 28.9 Å². The molecule has 1 heterocycles. The zero-order chi connectivity index (χ0) is 20.3. The standard InChI is InChI=1S/C22H24ClN3O2/c1-5-26(6-2)16-11-12-19(14(3)13-16)24-22(27)20-15(4)28-25-21(20)17-9-7-8-10-18(17)23/h7-13H,5-6H2,1-4H3,(H,24,27). The van der Waals surface area contributed by atoms with Gasteiger partial charge in [-0.2, -0.15) is 0 Å². The van der Waals surface area contributed by atoms with E-state index in [-0.39, 0.29) is 5.91 Å². The zero-order valence-corrected chi connectivity index (χ0v) is 17.3. The molecule has 146 valence electrons. The largest absolute Gasteiger partial charge is 0.372 e. The molecule has 0 aliphatic rings. The third kappa shape index (κ3) is 3.90. The molecule has 0 atom stereocenters. The molecule has 3 rings (SSSR count). The number of benzene rings is 2. The second-order valence-corrected chi connectivity index (χ2v) is 6.98. The summed E-state index contributed by atoms with van der Waals surface area (Å²) in [6.07, 6.45) is 0. The van der Waals surface area contributed by atoms with E-state index >= 15 is 0 Å². The highest BCUT2D eigenvalue weighted by Crippen LogP contribution is 2.32. The lowest BCUT2D eigenvalue weighted by Crippen LogP contribution is -2.22. The summed E-state index contributed by atoms with van der Waals surface area (Å²) in [5, 5.41) is 7.57. The quantitative estimate of drug-likeness (QED) is 0.578. The maximum absolute atomic E-state index is 13.0. The third-order valence-corrected chi connectivity index (χ3v) is 5.14. The SMILES string of the molecule is CCN(CC)c1ccc(NC(=O)c2c(-c3ccccc3Cl)noc2C)c(C)c1. The number of anilines is 2. The van der Waals surface area contributed by atoms with Crippen molar-refractivity contribution in [3.63, 3.8) is 0 Å². The number of carbonyl (C=O) groups is 1. The summed E-state index contributed by atoms with van der Waals surface area (Å²) < 4.78 is 5.30. The van der Waals surface area contributed by atoms with Gasteiger partial charge in [0.15, 0.2) is 0 Å². The van der Waals surface area contributed by atoms with Crippen LogP contribution in [0.3, 0.4) is 0 Å². The van der Waals surface area contributed by atoms with Gasteiger partial charge in [-0.25, -0.2) is 0 Å².